The van der Waals surface area contributed by atoms with Crippen molar-refractivity contribution < 1.29 is 9.47 Å². The highest BCUT2D eigenvalue weighted by Gasteiger charge is 2.43. The third-order valence-corrected chi connectivity index (χ3v) is 3.51. The van der Waals surface area contributed by atoms with Gasteiger partial charge < -0.3 is 9.47 Å². The van der Waals surface area contributed by atoms with Gasteiger partial charge in [0.15, 0.2) is 5.79 Å². The summed E-state index contributed by atoms with van der Waals surface area (Å²) in [6.07, 6.45) is 8.85. The third kappa shape index (κ3) is 2.43. The zero-order chi connectivity index (χ0) is 10.9. The highest BCUT2D eigenvalue weighted by molar-refractivity contribution is 4.96. The van der Waals surface area contributed by atoms with Crippen LogP contribution in [0.2, 0.25) is 0 Å². The quantitative estimate of drug-likeness (QED) is 0.651. The van der Waals surface area contributed by atoms with Gasteiger partial charge in [-0.05, 0) is 32.6 Å². The van der Waals surface area contributed by atoms with Gasteiger partial charge >= 0.3 is 0 Å². The van der Waals surface area contributed by atoms with E-state index in [-0.39, 0.29) is 12.2 Å². The van der Waals surface area contributed by atoms with Gasteiger partial charge in [-0.15, -0.1) is 6.58 Å². The smallest absolute Gasteiger partial charge is 0.164 e. The van der Waals surface area contributed by atoms with E-state index < -0.39 is 5.79 Å². The molecule has 2 atom stereocenters. The molecule has 0 N–H and O–H groups in total. The Morgan fingerprint density at radius 3 is 2.40 bits per heavy atom. The molecule has 0 aromatic carbocycles. The van der Waals surface area contributed by atoms with Crippen molar-refractivity contribution in [3.63, 3.8) is 0 Å². The second-order valence-corrected chi connectivity index (χ2v) is 5.20. The van der Waals surface area contributed by atoms with Crippen molar-refractivity contribution in [1.29, 1.82) is 0 Å². The summed E-state index contributed by atoms with van der Waals surface area (Å²) >= 11 is 0. The Morgan fingerprint density at radius 1 is 1.13 bits per heavy atom. The Morgan fingerprint density at radius 2 is 1.80 bits per heavy atom. The number of hydrogen-bond acceptors (Lipinski definition) is 2. The van der Waals surface area contributed by atoms with Crippen LogP contribution in [0.15, 0.2) is 12.7 Å². The first-order valence-corrected chi connectivity index (χ1v) is 6.10. The van der Waals surface area contributed by atoms with E-state index in [0.717, 1.165) is 0 Å². The molecule has 2 heteroatoms. The zero-order valence-electron chi connectivity index (χ0n) is 9.87. The van der Waals surface area contributed by atoms with E-state index in [2.05, 4.69) is 6.58 Å². The van der Waals surface area contributed by atoms with Crippen molar-refractivity contribution in [1.82, 2.24) is 0 Å². The summed E-state index contributed by atoms with van der Waals surface area (Å²) in [5, 5.41) is 0. The molecule has 1 saturated carbocycles. The standard InChI is InChI=1S/C13H22O2/c1-4-11-12(15-13(2,3)14-11)10-8-6-5-7-9-10/h4,10-12H,1,5-9H2,2-3H3. The predicted molar refractivity (Wildman–Crippen MR) is 60.6 cm³/mol. The molecule has 1 aliphatic carbocycles. The fourth-order valence-corrected chi connectivity index (χ4v) is 2.83. The van der Waals surface area contributed by atoms with Crippen molar-refractivity contribution in [3.05, 3.63) is 12.7 Å². The predicted octanol–water partition coefficient (Wildman–Crippen LogP) is 3.27. The molecule has 2 unspecified atom stereocenters. The SMILES string of the molecule is C=CC1OC(C)(C)OC1C1CCCCC1. The Bertz CT molecular complexity index is 229. The highest BCUT2D eigenvalue weighted by Crippen LogP contribution is 2.38. The molecule has 0 amide bonds. The third-order valence-electron chi connectivity index (χ3n) is 3.51. The monoisotopic (exact) mass is 210 g/mol. The van der Waals surface area contributed by atoms with E-state index in [1.54, 1.807) is 0 Å². The van der Waals surface area contributed by atoms with Gasteiger partial charge in [-0.1, -0.05) is 25.3 Å². The highest BCUT2D eigenvalue weighted by atomic mass is 16.7. The van der Waals surface area contributed by atoms with Gasteiger partial charge in [0, 0.05) is 0 Å². The molecule has 1 aliphatic heterocycles. The molecule has 2 rings (SSSR count). The Hall–Kier alpha value is -0.340. The first kappa shape index (κ1) is 11.2. The molecule has 1 saturated heterocycles. The number of rotatable bonds is 2. The van der Waals surface area contributed by atoms with E-state index in [4.69, 9.17) is 9.47 Å². The first-order chi connectivity index (χ1) is 7.12. The normalized spacial score (nSPS) is 36.7. The minimum Gasteiger partial charge on any atom is -0.344 e. The van der Waals surface area contributed by atoms with Crippen molar-refractivity contribution in [3.8, 4) is 0 Å². The molecule has 15 heavy (non-hydrogen) atoms. The van der Waals surface area contributed by atoms with Gasteiger partial charge in [0.2, 0.25) is 0 Å². The fraction of sp³-hybridized carbons (Fsp3) is 0.846. The first-order valence-electron chi connectivity index (χ1n) is 6.10. The molecule has 2 fully saturated rings. The molecular weight excluding hydrogens is 188 g/mol. The maximum absolute atomic E-state index is 6.00. The molecule has 0 radical (unpaired) electrons. The zero-order valence-corrected chi connectivity index (χ0v) is 9.87. The lowest BCUT2D eigenvalue weighted by Crippen LogP contribution is -2.31. The van der Waals surface area contributed by atoms with Crippen LogP contribution >= 0.6 is 0 Å². The van der Waals surface area contributed by atoms with Crippen LogP contribution < -0.4 is 0 Å². The van der Waals surface area contributed by atoms with Gasteiger partial charge in [0.25, 0.3) is 0 Å². The van der Waals surface area contributed by atoms with Crippen molar-refractivity contribution >= 4 is 0 Å². The molecule has 86 valence electrons. The summed E-state index contributed by atoms with van der Waals surface area (Å²) in [4.78, 5) is 0. The summed E-state index contributed by atoms with van der Waals surface area (Å²) in [6.45, 7) is 7.83. The lowest BCUT2D eigenvalue weighted by molar-refractivity contribution is -0.149. The maximum Gasteiger partial charge on any atom is 0.164 e. The van der Waals surface area contributed by atoms with Crippen LogP contribution in [0.5, 0.6) is 0 Å². The molecule has 0 bridgehead atoms. The fourth-order valence-electron chi connectivity index (χ4n) is 2.83. The second kappa shape index (κ2) is 4.26. The van der Waals surface area contributed by atoms with Crippen LogP contribution in [-0.4, -0.2) is 18.0 Å². The Kier molecular flexibility index (Phi) is 3.17. The summed E-state index contributed by atoms with van der Waals surface area (Å²) in [5.74, 6) is 0.240. The molecule has 2 nitrogen and oxygen atoms in total. The Balaban J connectivity index is 2.03. The topological polar surface area (TPSA) is 18.5 Å². The van der Waals surface area contributed by atoms with Gasteiger partial charge in [0.05, 0.1) is 6.10 Å². The van der Waals surface area contributed by atoms with Crippen LogP contribution in [0.4, 0.5) is 0 Å². The average molecular weight is 210 g/mol. The van der Waals surface area contributed by atoms with E-state index in [9.17, 15) is 0 Å². The lowest BCUT2D eigenvalue weighted by atomic mass is 9.83. The second-order valence-electron chi connectivity index (χ2n) is 5.20. The van der Waals surface area contributed by atoms with Gasteiger partial charge in [-0.25, -0.2) is 0 Å². The van der Waals surface area contributed by atoms with E-state index >= 15 is 0 Å². The van der Waals surface area contributed by atoms with Crippen LogP contribution in [0.25, 0.3) is 0 Å². The van der Waals surface area contributed by atoms with E-state index in [0.29, 0.717) is 5.92 Å². The van der Waals surface area contributed by atoms with Crippen LogP contribution in [0.3, 0.4) is 0 Å². The minimum atomic E-state index is -0.430. The molecule has 2 aliphatic rings. The van der Waals surface area contributed by atoms with E-state index in [1.165, 1.54) is 32.1 Å². The van der Waals surface area contributed by atoms with Gasteiger partial charge in [-0.2, -0.15) is 0 Å². The van der Waals surface area contributed by atoms with E-state index in [1.807, 2.05) is 19.9 Å². The largest absolute Gasteiger partial charge is 0.344 e. The van der Waals surface area contributed by atoms with Gasteiger partial charge in [-0.3, -0.25) is 0 Å². The van der Waals surface area contributed by atoms with Crippen LogP contribution in [0.1, 0.15) is 46.0 Å². The maximum atomic E-state index is 6.00. The minimum absolute atomic E-state index is 0.0862. The molecular formula is C13H22O2. The summed E-state index contributed by atoms with van der Waals surface area (Å²) in [5.41, 5.74) is 0. The molecule has 1 heterocycles. The Labute approximate surface area is 92.6 Å². The number of hydrogen-bond donors (Lipinski definition) is 0. The number of ether oxygens (including phenoxy) is 2. The molecule has 0 aromatic rings. The lowest BCUT2D eigenvalue weighted by Gasteiger charge is -2.28. The van der Waals surface area contributed by atoms with Crippen LogP contribution in [-0.2, 0) is 9.47 Å². The van der Waals surface area contributed by atoms with Gasteiger partial charge in [0.1, 0.15) is 6.10 Å². The molecule has 0 aromatic heterocycles. The average Bonchev–Trinajstić information content (AvgIpc) is 2.55. The van der Waals surface area contributed by atoms with Crippen molar-refractivity contribution in [2.24, 2.45) is 5.92 Å². The summed E-state index contributed by atoms with van der Waals surface area (Å²) in [7, 11) is 0. The van der Waals surface area contributed by atoms with Crippen LogP contribution in [0, 0.1) is 5.92 Å². The van der Waals surface area contributed by atoms with Crippen molar-refractivity contribution in [2.45, 2.75) is 63.9 Å². The molecule has 0 spiro atoms. The van der Waals surface area contributed by atoms with Crippen molar-refractivity contribution in [2.75, 3.05) is 0 Å². The summed E-state index contributed by atoms with van der Waals surface area (Å²) in [6, 6.07) is 0. The summed E-state index contributed by atoms with van der Waals surface area (Å²) < 4.78 is 11.8.